The van der Waals surface area contributed by atoms with Crippen LogP contribution in [-0.4, -0.2) is 172 Å². The molecule has 1 aromatic carbocycles. The average Bonchev–Trinajstić information content (AvgIpc) is 3.47. The van der Waals surface area contributed by atoms with E-state index in [-0.39, 0.29) is 109 Å². The van der Waals surface area contributed by atoms with E-state index in [0.717, 1.165) is 4.57 Å². The minimum Gasteiger partial charge on any atom is -0.480 e. The number of hydrogen-bond acceptors (Lipinski definition) is 15. The SMILES string of the molecule is Cn1c(COC(=O)CCC(C(=O)NCCc2ccc(S(N)(=O)=O)cc2)N2CCN(CC(=O)O)CCN(CC(=O)O)CCN(CC(=O)O)CC2)cnc1[N+](=O)[O-]. The van der Waals surface area contributed by atoms with Crippen molar-refractivity contribution in [2.24, 2.45) is 12.2 Å². The maximum absolute atomic E-state index is 13.9. The van der Waals surface area contributed by atoms with Gasteiger partial charge in [0.25, 0.3) is 0 Å². The van der Waals surface area contributed by atoms with Crippen molar-refractivity contribution in [2.75, 3.05) is 78.5 Å². The van der Waals surface area contributed by atoms with E-state index in [9.17, 15) is 57.8 Å². The van der Waals surface area contributed by atoms with Crippen LogP contribution in [0.25, 0.3) is 0 Å². The Labute approximate surface area is 316 Å². The molecule has 1 aliphatic rings. The van der Waals surface area contributed by atoms with Crippen molar-refractivity contribution in [1.29, 1.82) is 0 Å². The van der Waals surface area contributed by atoms with Crippen molar-refractivity contribution in [3.8, 4) is 0 Å². The van der Waals surface area contributed by atoms with Gasteiger partial charge in [0.15, 0.2) is 5.69 Å². The van der Waals surface area contributed by atoms with E-state index >= 15 is 0 Å². The van der Waals surface area contributed by atoms with Crippen LogP contribution in [0, 0.1) is 10.1 Å². The van der Waals surface area contributed by atoms with Gasteiger partial charge in [-0.25, -0.2) is 18.1 Å². The summed E-state index contributed by atoms with van der Waals surface area (Å²) in [6, 6.07) is 4.79. The van der Waals surface area contributed by atoms with E-state index in [1.807, 2.05) is 0 Å². The lowest BCUT2D eigenvalue weighted by Gasteiger charge is -2.36. The number of hydrogen-bond donors (Lipinski definition) is 5. The summed E-state index contributed by atoms with van der Waals surface area (Å²) in [5.41, 5.74) is 0.952. The maximum atomic E-state index is 13.9. The lowest BCUT2D eigenvalue weighted by atomic mass is 10.1. The second kappa shape index (κ2) is 21.1. The molecule has 0 spiro atoms. The first-order valence-corrected chi connectivity index (χ1v) is 18.7. The predicted octanol–water partition coefficient (Wildman–Crippen LogP) is -2.00. The second-order valence-corrected chi connectivity index (χ2v) is 14.4. The number of nitro groups is 1. The summed E-state index contributed by atoms with van der Waals surface area (Å²) < 4.78 is 29.8. The highest BCUT2D eigenvalue weighted by Gasteiger charge is 2.29. The van der Waals surface area contributed by atoms with E-state index in [1.165, 1.54) is 25.4 Å². The molecule has 1 amide bonds. The van der Waals surface area contributed by atoms with Crippen LogP contribution in [0.15, 0.2) is 35.4 Å². The fraction of sp³-hybridized carbons (Fsp3) is 0.562. The van der Waals surface area contributed by atoms with E-state index in [0.29, 0.717) is 12.0 Å². The summed E-state index contributed by atoms with van der Waals surface area (Å²) >= 11 is 0. The lowest BCUT2D eigenvalue weighted by Crippen LogP contribution is -2.54. The number of imidazole rings is 1. The molecule has 304 valence electrons. The van der Waals surface area contributed by atoms with Crippen molar-refractivity contribution < 1.29 is 57.4 Å². The van der Waals surface area contributed by atoms with Crippen LogP contribution in [0.5, 0.6) is 0 Å². The molecule has 23 heteroatoms. The first-order valence-electron chi connectivity index (χ1n) is 17.2. The van der Waals surface area contributed by atoms with Gasteiger partial charge in [0.05, 0.1) is 37.6 Å². The summed E-state index contributed by atoms with van der Waals surface area (Å²) in [7, 11) is -2.51. The minimum atomic E-state index is -3.90. The first kappa shape index (κ1) is 44.3. The Morgan fingerprint density at radius 3 is 1.82 bits per heavy atom. The van der Waals surface area contributed by atoms with Crippen LogP contribution in [0.1, 0.15) is 24.1 Å². The normalized spacial score (nSPS) is 16.3. The van der Waals surface area contributed by atoms with Gasteiger partial charge in [-0.1, -0.05) is 17.1 Å². The van der Waals surface area contributed by atoms with Gasteiger partial charge in [0.1, 0.15) is 12.8 Å². The highest BCUT2D eigenvalue weighted by atomic mass is 32.2. The zero-order chi connectivity index (χ0) is 40.7. The van der Waals surface area contributed by atoms with Gasteiger partial charge in [-0.05, 0) is 35.5 Å². The van der Waals surface area contributed by atoms with E-state index < -0.39 is 56.7 Å². The number of rotatable bonds is 18. The third kappa shape index (κ3) is 15.3. The standard InChI is InChI=1S/C32H47N9O13S/c1-36-24(18-35-32(36)41(50)51)22-54-30(48)7-6-26(31(49)34-9-8-23-2-4-25(5-3-23)55(33,52)53)40-16-14-38(20-28(44)45)12-10-37(19-27(42)43)11-13-39(15-17-40)21-29(46)47/h2-5,18,26H,6-17,19-22H2,1H3,(H,34,49)(H,42,43)(H,44,45)(H,46,47)(H2,33,52,53). The molecular weight excluding hydrogens is 750 g/mol. The fourth-order valence-electron chi connectivity index (χ4n) is 5.90. The Morgan fingerprint density at radius 1 is 0.891 bits per heavy atom. The molecule has 0 aliphatic carbocycles. The summed E-state index contributed by atoms with van der Waals surface area (Å²) in [4.78, 5) is 82.5. The molecule has 6 N–H and O–H groups in total. The molecule has 1 atom stereocenters. The number of nitrogens with one attached hydrogen (secondary N) is 1. The number of primary sulfonamides is 1. The number of carbonyl (C=O) groups is 5. The van der Waals surface area contributed by atoms with Crippen LogP contribution >= 0.6 is 0 Å². The molecule has 0 bridgehead atoms. The molecule has 1 aliphatic heterocycles. The largest absolute Gasteiger partial charge is 0.480 e. The van der Waals surface area contributed by atoms with Gasteiger partial charge in [0.2, 0.25) is 15.9 Å². The Morgan fingerprint density at radius 2 is 1.38 bits per heavy atom. The number of nitrogens with two attached hydrogens (primary N) is 1. The van der Waals surface area contributed by atoms with Crippen LogP contribution in [0.3, 0.4) is 0 Å². The van der Waals surface area contributed by atoms with Gasteiger partial charge >= 0.3 is 29.8 Å². The highest BCUT2D eigenvalue weighted by Crippen LogP contribution is 2.15. The lowest BCUT2D eigenvalue weighted by molar-refractivity contribution is -0.396. The minimum absolute atomic E-state index is 0.0763. The number of amides is 1. The van der Waals surface area contributed by atoms with Gasteiger partial charge in [0, 0.05) is 65.3 Å². The predicted molar refractivity (Wildman–Crippen MR) is 191 cm³/mol. The third-order valence-corrected chi connectivity index (χ3v) is 9.81. The Bertz CT molecular complexity index is 1740. The average molecular weight is 798 g/mol. The monoisotopic (exact) mass is 797 g/mol. The number of carboxylic acids is 3. The Kier molecular flexibility index (Phi) is 17.0. The van der Waals surface area contributed by atoms with Crippen LogP contribution in [-0.2, 0) is 58.8 Å². The molecular formula is C32H47N9O13S. The smallest absolute Gasteiger partial charge is 0.434 e. The van der Waals surface area contributed by atoms with Crippen molar-refractivity contribution in [3.05, 3.63) is 51.8 Å². The molecule has 2 aromatic rings. The molecule has 0 radical (unpaired) electrons. The topological polar surface area (TPSA) is 301 Å². The van der Waals surface area contributed by atoms with Crippen LogP contribution < -0.4 is 10.5 Å². The van der Waals surface area contributed by atoms with Gasteiger partial charge in [-0.3, -0.25) is 43.6 Å². The van der Waals surface area contributed by atoms with Crippen molar-refractivity contribution in [3.63, 3.8) is 0 Å². The molecule has 1 fully saturated rings. The number of aliphatic carboxylic acids is 3. The molecule has 0 saturated carbocycles. The first-order chi connectivity index (χ1) is 25.9. The molecule has 3 rings (SSSR count). The Hall–Kier alpha value is -5.07. The number of benzene rings is 1. The van der Waals surface area contributed by atoms with E-state index in [1.54, 1.807) is 31.7 Å². The molecule has 22 nitrogen and oxygen atoms in total. The molecule has 2 heterocycles. The van der Waals surface area contributed by atoms with Crippen LogP contribution in [0.4, 0.5) is 5.95 Å². The number of nitrogens with zero attached hydrogens (tertiary/aromatic N) is 7. The van der Waals surface area contributed by atoms with Crippen molar-refractivity contribution in [2.45, 2.75) is 36.8 Å². The molecule has 1 unspecified atom stereocenters. The maximum Gasteiger partial charge on any atom is 0.434 e. The Balaban J connectivity index is 1.84. The van der Waals surface area contributed by atoms with Gasteiger partial charge in [-0.15, -0.1) is 0 Å². The molecule has 1 saturated heterocycles. The zero-order valence-corrected chi connectivity index (χ0v) is 31.1. The van der Waals surface area contributed by atoms with Crippen LogP contribution in [0.2, 0.25) is 0 Å². The fourth-order valence-corrected chi connectivity index (χ4v) is 6.42. The summed E-state index contributed by atoms with van der Waals surface area (Å²) in [6.45, 7) is -0.182. The molecule has 1 aromatic heterocycles. The second-order valence-electron chi connectivity index (χ2n) is 12.9. The van der Waals surface area contributed by atoms with Crippen molar-refractivity contribution >= 4 is 45.8 Å². The number of carbonyl (C=O) groups excluding carboxylic acids is 2. The van der Waals surface area contributed by atoms with E-state index in [2.05, 4.69) is 10.3 Å². The van der Waals surface area contributed by atoms with E-state index in [4.69, 9.17) is 9.88 Å². The number of sulfonamides is 1. The third-order valence-electron chi connectivity index (χ3n) is 8.88. The molecule has 55 heavy (non-hydrogen) atoms. The number of ether oxygens (including phenoxy) is 1. The number of carboxylic acid groups (broad SMARTS) is 3. The zero-order valence-electron chi connectivity index (χ0n) is 30.3. The van der Waals surface area contributed by atoms with Gasteiger partial charge < -0.3 is 35.5 Å². The highest BCUT2D eigenvalue weighted by molar-refractivity contribution is 7.89. The number of aromatic nitrogens is 2. The summed E-state index contributed by atoms with van der Waals surface area (Å²) in [6.07, 6.45) is 1.15. The number of esters is 1. The van der Waals surface area contributed by atoms with Gasteiger partial charge in [-0.2, -0.15) is 0 Å². The van der Waals surface area contributed by atoms with Crippen molar-refractivity contribution in [1.82, 2.24) is 34.5 Å². The quantitative estimate of drug-likeness (QED) is 0.0619. The summed E-state index contributed by atoms with van der Waals surface area (Å²) in [5.74, 6) is -4.99. The summed E-state index contributed by atoms with van der Waals surface area (Å²) in [5, 5.41) is 47.8.